The van der Waals surface area contributed by atoms with Crippen LogP contribution in [0.2, 0.25) is 4.34 Å². The highest BCUT2D eigenvalue weighted by Crippen LogP contribution is 2.32. The lowest BCUT2D eigenvalue weighted by Gasteiger charge is -2.15. The lowest BCUT2D eigenvalue weighted by Crippen LogP contribution is -2.17. The number of nitrogens with one attached hydrogen (secondary N) is 1. The first-order valence-electron chi connectivity index (χ1n) is 6.11. The van der Waals surface area contributed by atoms with Gasteiger partial charge in [0.15, 0.2) is 0 Å². The summed E-state index contributed by atoms with van der Waals surface area (Å²) in [6.45, 7) is 2.52. The second-order valence-electron chi connectivity index (χ2n) is 4.56. The summed E-state index contributed by atoms with van der Waals surface area (Å²) >= 11 is 10.8. The smallest absolute Gasteiger partial charge is 0.305 e. The maximum absolute atomic E-state index is 12.5. The van der Waals surface area contributed by atoms with Crippen molar-refractivity contribution in [3.63, 3.8) is 0 Å². The Morgan fingerprint density at radius 2 is 1.90 bits per heavy atom. The van der Waals surface area contributed by atoms with E-state index in [-0.39, 0.29) is 6.04 Å². The van der Waals surface area contributed by atoms with Gasteiger partial charge in [0.25, 0.3) is 0 Å². The Balaban J connectivity index is 1.98. The van der Waals surface area contributed by atoms with Crippen LogP contribution in [0.5, 0.6) is 0 Å². The minimum Gasteiger partial charge on any atom is -0.305 e. The van der Waals surface area contributed by atoms with Crippen molar-refractivity contribution in [2.75, 3.05) is 0 Å². The zero-order valence-corrected chi connectivity index (χ0v) is 14.1. The third kappa shape index (κ3) is 4.45. The molecule has 1 nitrogen and oxygen atoms in total. The van der Waals surface area contributed by atoms with E-state index in [4.69, 9.17) is 11.6 Å². The summed E-state index contributed by atoms with van der Waals surface area (Å²) < 4.78 is 39.0. The van der Waals surface area contributed by atoms with Crippen molar-refractivity contribution in [2.45, 2.75) is 25.7 Å². The predicted molar refractivity (Wildman–Crippen MR) is 83.7 cm³/mol. The minimum absolute atomic E-state index is 0.0491. The molecule has 0 aliphatic heterocycles. The number of thiophene rings is 1. The van der Waals surface area contributed by atoms with E-state index in [0.717, 1.165) is 27.0 Å². The zero-order valence-electron chi connectivity index (χ0n) is 11.0. The summed E-state index contributed by atoms with van der Waals surface area (Å²) in [4.78, 5) is 1.06. The third-order valence-electron chi connectivity index (χ3n) is 3.02. The van der Waals surface area contributed by atoms with Gasteiger partial charge in [-0.3, -0.25) is 0 Å². The number of halogens is 5. The summed E-state index contributed by atoms with van der Waals surface area (Å²) in [5, 5.41) is 3.26. The fraction of sp³-hybridized carbons (Fsp3) is 0.286. The van der Waals surface area contributed by atoms with E-state index in [1.165, 1.54) is 23.5 Å². The largest absolute Gasteiger partial charge is 0.416 e. The highest BCUT2D eigenvalue weighted by molar-refractivity contribution is 9.10. The molecule has 0 saturated heterocycles. The average molecular weight is 399 g/mol. The number of rotatable bonds is 4. The van der Waals surface area contributed by atoms with Crippen LogP contribution in [0, 0.1) is 0 Å². The highest BCUT2D eigenvalue weighted by Gasteiger charge is 2.30. The van der Waals surface area contributed by atoms with Gasteiger partial charge >= 0.3 is 6.18 Å². The maximum atomic E-state index is 12.5. The fourth-order valence-electron chi connectivity index (χ4n) is 1.81. The van der Waals surface area contributed by atoms with Crippen LogP contribution in [0.4, 0.5) is 13.2 Å². The van der Waals surface area contributed by atoms with E-state index in [2.05, 4.69) is 21.2 Å². The fourth-order valence-corrected chi connectivity index (χ4v) is 3.55. The van der Waals surface area contributed by atoms with Gasteiger partial charge in [-0.15, -0.1) is 11.3 Å². The van der Waals surface area contributed by atoms with Crippen LogP contribution < -0.4 is 5.32 Å². The molecular weight excluding hydrogens is 387 g/mol. The Bertz CT molecular complexity index is 590. The van der Waals surface area contributed by atoms with Crippen LogP contribution >= 0.6 is 38.9 Å². The molecule has 0 bridgehead atoms. The maximum Gasteiger partial charge on any atom is 0.416 e. The lowest BCUT2D eigenvalue weighted by atomic mass is 10.1. The van der Waals surface area contributed by atoms with Crippen molar-refractivity contribution in [1.82, 2.24) is 5.32 Å². The first-order chi connectivity index (χ1) is 9.77. The third-order valence-corrected chi connectivity index (χ3v) is 5.49. The Morgan fingerprint density at radius 3 is 2.38 bits per heavy atom. The molecule has 1 aromatic heterocycles. The van der Waals surface area contributed by atoms with Crippen LogP contribution in [0.25, 0.3) is 0 Å². The van der Waals surface area contributed by atoms with E-state index >= 15 is 0 Å². The summed E-state index contributed by atoms with van der Waals surface area (Å²) in [5.41, 5.74) is 0.178. The van der Waals surface area contributed by atoms with Crippen LogP contribution in [0.15, 0.2) is 34.8 Å². The van der Waals surface area contributed by atoms with Crippen molar-refractivity contribution >= 4 is 38.9 Å². The van der Waals surface area contributed by atoms with Gasteiger partial charge in [-0.25, -0.2) is 0 Å². The summed E-state index contributed by atoms with van der Waals surface area (Å²) in [7, 11) is 0. The van der Waals surface area contributed by atoms with E-state index in [1.807, 2.05) is 13.0 Å². The van der Waals surface area contributed by atoms with Gasteiger partial charge in [-0.2, -0.15) is 13.2 Å². The highest BCUT2D eigenvalue weighted by atomic mass is 79.9. The molecule has 0 aliphatic carbocycles. The Hall–Kier alpha value is -0.560. The summed E-state index contributed by atoms with van der Waals surface area (Å²) in [6.07, 6.45) is -4.30. The van der Waals surface area contributed by atoms with Crippen molar-refractivity contribution in [3.8, 4) is 0 Å². The van der Waals surface area contributed by atoms with E-state index in [9.17, 15) is 13.2 Å². The van der Waals surface area contributed by atoms with E-state index < -0.39 is 11.7 Å². The molecule has 1 heterocycles. The SMILES string of the molecule is CC(NCc1cc(Br)c(Cl)s1)c1ccc(C(F)(F)F)cc1. The first-order valence-corrected chi connectivity index (χ1v) is 8.10. The molecule has 2 aromatic rings. The summed E-state index contributed by atoms with van der Waals surface area (Å²) in [6, 6.07) is 7.08. The second kappa shape index (κ2) is 6.69. The zero-order chi connectivity index (χ0) is 15.6. The molecule has 0 saturated carbocycles. The molecule has 0 amide bonds. The monoisotopic (exact) mass is 397 g/mol. The van der Waals surface area contributed by atoms with E-state index in [1.54, 1.807) is 0 Å². The van der Waals surface area contributed by atoms with Gasteiger partial charge in [0.1, 0.15) is 4.34 Å². The van der Waals surface area contributed by atoms with Gasteiger partial charge in [0, 0.05) is 21.9 Å². The molecule has 0 aliphatic rings. The number of hydrogen-bond acceptors (Lipinski definition) is 2. The predicted octanol–water partition coefficient (Wildman–Crippen LogP) is 6.03. The van der Waals surface area contributed by atoms with Crippen LogP contribution in [-0.2, 0) is 12.7 Å². The molecule has 0 spiro atoms. The summed E-state index contributed by atoms with van der Waals surface area (Å²) in [5.74, 6) is 0. The number of benzene rings is 1. The van der Waals surface area contributed by atoms with Crippen molar-refractivity contribution in [2.24, 2.45) is 0 Å². The van der Waals surface area contributed by atoms with Crippen molar-refractivity contribution in [3.05, 3.63) is 55.1 Å². The molecule has 1 atom stereocenters. The molecular formula is C14H12BrClF3NS. The van der Waals surface area contributed by atoms with Gasteiger partial charge < -0.3 is 5.32 Å². The molecule has 0 fully saturated rings. The van der Waals surface area contributed by atoms with Gasteiger partial charge in [-0.1, -0.05) is 23.7 Å². The van der Waals surface area contributed by atoms with Gasteiger partial charge in [0.2, 0.25) is 0 Å². The minimum atomic E-state index is -4.30. The Labute approximate surface area is 138 Å². The number of alkyl halides is 3. The molecule has 0 radical (unpaired) electrons. The van der Waals surface area contributed by atoms with Crippen LogP contribution in [0.3, 0.4) is 0 Å². The topological polar surface area (TPSA) is 12.0 Å². The van der Waals surface area contributed by atoms with Crippen molar-refractivity contribution in [1.29, 1.82) is 0 Å². The Morgan fingerprint density at radius 1 is 1.29 bits per heavy atom. The second-order valence-corrected chi connectivity index (χ2v) is 7.15. The molecule has 2 rings (SSSR count). The normalized spacial score (nSPS) is 13.4. The van der Waals surface area contributed by atoms with Gasteiger partial charge in [0.05, 0.1) is 5.56 Å². The van der Waals surface area contributed by atoms with Crippen LogP contribution in [-0.4, -0.2) is 0 Å². The quantitative estimate of drug-likeness (QED) is 0.662. The lowest BCUT2D eigenvalue weighted by molar-refractivity contribution is -0.137. The molecule has 1 unspecified atom stereocenters. The molecule has 21 heavy (non-hydrogen) atoms. The van der Waals surface area contributed by atoms with Gasteiger partial charge in [-0.05, 0) is 46.6 Å². The molecule has 1 aromatic carbocycles. The molecule has 7 heteroatoms. The standard InChI is InChI=1S/C14H12BrClF3NS/c1-8(20-7-11-6-12(15)13(16)21-11)9-2-4-10(5-3-9)14(17,18)19/h2-6,8,20H,7H2,1H3. The average Bonchev–Trinajstić information content (AvgIpc) is 2.74. The van der Waals surface area contributed by atoms with E-state index in [0.29, 0.717) is 10.9 Å². The molecule has 1 N–H and O–H groups in total. The van der Waals surface area contributed by atoms with Crippen LogP contribution in [0.1, 0.15) is 29.0 Å². The van der Waals surface area contributed by atoms with Crippen molar-refractivity contribution < 1.29 is 13.2 Å². The number of hydrogen-bond donors (Lipinski definition) is 1. The molecule has 114 valence electrons. The Kier molecular flexibility index (Phi) is 5.35. The first kappa shape index (κ1) is 16.8.